The van der Waals surface area contributed by atoms with Crippen molar-refractivity contribution in [2.75, 3.05) is 19.8 Å². The Kier molecular flexibility index (Phi) is 3.87. The van der Waals surface area contributed by atoms with Crippen LogP contribution in [0.1, 0.15) is 25.3 Å². The monoisotopic (exact) mass is 306 g/mol. The van der Waals surface area contributed by atoms with Crippen LogP contribution in [0.2, 0.25) is 0 Å². The number of carbonyl (C=O) groups is 2. The zero-order chi connectivity index (χ0) is 15.7. The summed E-state index contributed by atoms with van der Waals surface area (Å²) in [6.07, 6.45) is 1.90. The minimum absolute atomic E-state index is 0.180. The maximum atomic E-state index is 13.1. The van der Waals surface area contributed by atoms with E-state index in [1.54, 1.807) is 6.92 Å². The van der Waals surface area contributed by atoms with Crippen molar-refractivity contribution in [3.8, 4) is 0 Å². The van der Waals surface area contributed by atoms with Crippen molar-refractivity contribution < 1.29 is 18.7 Å². The van der Waals surface area contributed by atoms with Gasteiger partial charge in [-0.15, -0.1) is 0 Å². The van der Waals surface area contributed by atoms with Gasteiger partial charge in [-0.25, -0.2) is 9.18 Å². The molecule has 3 amide bonds. The molecule has 2 aliphatic rings. The fourth-order valence-electron chi connectivity index (χ4n) is 3.05. The van der Waals surface area contributed by atoms with Crippen LogP contribution in [0.3, 0.4) is 0 Å². The van der Waals surface area contributed by atoms with E-state index in [4.69, 9.17) is 4.74 Å². The first-order valence-electron chi connectivity index (χ1n) is 7.48. The molecule has 1 aromatic carbocycles. The third-order valence-electron chi connectivity index (χ3n) is 4.39. The number of carbonyl (C=O) groups excluding carboxylic acids is 2. The van der Waals surface area contributed by atoms with Crippen LogP contribution >= 0.6 is 0 Å². The second-order valence-electron chi connectivity index (χ2n) is 6.06. The van der Waals surface area contributed by atoms with E-state index >= 15 is 0 Å². The standard InChI is InChI=1S/C16H19FN2O3/c1-16(12-4-6-13(17)7-5-12)14(20)19(15(21)18-16)9-11-3-2-8-22-10-11/h4-7,11H,2-3,8-10H2,1H3,(H,18,21)/t11-,16-/m0/s1. The number of imide groups is 1. The van der Waals surface area contributed by atoms with Gasteiger partial charge in [-0.1, -0.05) is 12.1 Å². The molecule has 1 aromatic rings. The lowest BCUT2D eigenvalue weighted by atomic mass is 9.91. The molecule has 0 saturated carbocycles. The highest BCUT2D eigenvalue weighted by atomic mass is 19.1. The summed E-state index contributed by atoms with van der Waals surface area (Å²) in [7, 11) is 0. The molecule has 2 atom stereocenters. The molecular formula is C16H19FN2O3. The Morgan fingerprint density at radius 3 is 2.73 bits per heavy atom. The summed E-state index contributed by atoms with van der Waals surface area (Å²) in [6, 6.07) is 5.24. The number of urea groups is 1. The highest BCUT2D eigenvalue weighted by molar-refractivity contribution is 6.07. The normalized spacial score (nSPS) is 28.8. The van der Waals surface area contributed by atoms with Gasteiger partial charge < -0.3 is 10.1 Å². The minimum Gasteiger partial charge on any atom is -0.381 e. The van der Waals surface area contributed by atoms with Crippen LogP contribution in [-0.4, -0.2) is 36.6 Å². The van der Waals surface area contributed by atoms with Crippen LogP contribution in [-0.2, 0) is 15.1 Å². The number of nitrogens with zero attached hydrogens (tertiary/aromatic N) is 1. The lowest BCUT2D eigenvalue weighted by Crippen LogP contribution is -2.42. The van der Waals surface area contributed by atoms with Crippen LogP contribution < -0.4 is 5.32 Å². The first-order chi connectivity index (χ1) is 10.5. The number of hydrogen-bond donors (Lipinski definition) is 1. The quantitative estimate of drug-likeness (QED) is 0.869. The summed E-state index contributed by atoms with van der Waals surface area (Å²) in [4.78, 5) is 26.2. The van der Waals surface area contributed by atoms with E-state index in [1.807, 2.05) is 0 Å². The Bertz CT molecular complexity index is 584. The largest absolute Gasteiger partial charge is 0.381 e. The van der Waals surface area contributed by atoms with Crippen molar-refractivity contribution in [3.05, 3.63) is 35.6 Å². The summed E-state index contributed by atoms with van der Waals surface area (Å²) < 4.78 is 18.5. The fraction of sp³-hybridized carbons (Fsp3) is 0.500. The predicted octanol–water partition coefficient (Wildman–Crippen LogP) is 2.02. The van der Waals surface area contributed by atoms with Gasteiger partial charge in [0, 0.05) is 19.1 Å². The minimum atomic E-state index is -1.14. The molecule has 22 heavy (non-hydrogen) atoms. The molecule has 2 saturated heterocycles. The number of hydrogen-bond acceptors (Lipinski definition) is 3. The Morgan fingerprint density at radius 2 is 2.09 bits per heavy atom. The molecular weight excluding hydrogens is 287 g/mol. The molecule has 2 heterocycles. The average Bonchev–Trinajstić information content (AvgIpc) is 2.73. The number of amides is 3. The van der Waals surface area contributed by atoms with Gasteiger partial charge in [-0.05, 0) is 37.5 Å². The first-order valence-corrected chi connectivity index (χ1v) is 7.48. The predicted molar refractivity (Wildman–Crippen MR) is 77.5 cm³/mol. The van der Waals surface area contributed by atoms with E-state index in [0.717, 1.165) is 19.4 Å². The van der Waals surface area contributed by atoms with Crippen molar-refractivity contribution in [1.29, 1.82) is 0 Å². The molecule has 5 nitrogen and oxygen atoms in total. The van der Waals surface area contributed by atoms with Crippen LogP contribution in [0, 0.1) is 11.7 Å². The maximum absolute atomic E-state index is 13.1. The summed E-state index contributed by atoms with van der Waals surface area (Å²) in [5, 5.41) is 2.73. The number of halogens is 1. The second kappa shape index (κ2) is 5.68. The average molecular weight is 306 g/mol. The van der Waals surface area contributed by atoms with Gasteiger partial charge in [0.25, 0.3) is 5.91 Å². The number of ether oxygens (including phenoxy) is 1. The fourth-order valence-corrected chi connectivity index (χ4v) is 3.05. The molecule has 0 bridgehead atoms. The van der Waals surface area contributed by atoms with Crippen LogP contribution in [0.4, 0.5) is 9.18 Å². The van der Waals surface area contributed by atoms with Crippen LogP contribution in [0.5, 0.6) is 0 Å². The SMILES string of the molecule is C[C@@]1(c2ccc(F)cc2)NC(=O)N(C[C@@H]2CCCOC2)C1=O. The molecule has 0 unspecified atom stereocenters. The van der Waals surface area contributed by atoms with E-state index in [0.29, 0.717) is 18.7 Å². The summed E-state index contributed by atoms with van der Waals surface area (Å²) in [5.41, 5.74) is -0.560. The third-order valence-corrected chi connectivity index (χ3v) is 4.39. The molecule has 0 radical (unpaired) electrons. The first kappa shape index (κ1) is 15.0. The van der Waals surface area contributed by atoms with Gasteiger partial charge in [-0.3, -0.25) is 9.69 Å². The molecule has 2 fully saturated rings. The van der Waals surface area contributed by atoms with E-state index in [2.05, 4.69) is 5.32 Å². The van der Waals surface area contributed by atoms with Crippen molar-refractivity contribution in [1.82, 2.24) is 10.2 Å². The number of benzene rings is 1. The Labute approximate surface area is 128 Å². The second-order valence-corrected chi connectivity index (χ2v) is 6.06. The van der Waals surface area contributed by atoms with E-state index in [9.17, 15) is 14.0 Å². The van der Waals surface area contributed by atoms with Gasteiger partial charge in [0.15, 0.2) is 0 Å². The van der Waals surface area contributed by atoms with Crippen molar-refractivity contribution in [2.45, 2.75) is 25.3 Å². The van der Waals surface area contributed by atoms with Gasteiger partial charge in [-0.2, -0.15) is 0 Å². The molecule has 0 aromatic heterocycles. The van der Waals surface area contributed by atoms with Gasteiger partial charge in [0.2, 0.25) is 0 Å². The zero-order valence-corrected chi connectivity index (χ0v) is 12.5. The highest BCUT2D eigenvalue weighted by Gasteiger charge is 2.49. The van der Waals surface area contributed by atoms with E-state index in [-0.39, 0.29) is 17.6 Å². The number of nitrogens with one attached hydrogen (secondary N) is 1. The molecule has 118 valence electrons. The molecule has 2 aliphatic heterocycles. The molecule has 1 N–H and O–H groups in total. The smallest absolute Gasteiger partial charge is 0.325 e. The topological polar surface area (TPSA) is 58.6 Å². The summed E-state index contributed by atoms with van der Waals surface area (Å²) in [5.74, 6) is -0.492. The molecule has 3 rings (SSSR count). The van der Waals surface area contributed by atoms with Gasteiger partial charge in [0.1, 0.15) is 11.4 Å². The van der Waals surface area contributed by atoms with Crippen molar-refractivity contribution >= 4 is 11.9 Å². The van der Waals surface area contributed by atoms with Gasteiger partial charge >= 0.3 is 6.03 Å². The Balaban J connectivity index is 1.79. The van der Waals surface area contributed by atoms with E-state index < -0.39 is 11.6 Å². The van der Waals surface area contributed by atoms with Gasteiger partial charge in [0.05, 0.1) is 6.61 Å². The maximum Gasteiger partial charge on any atom is 0.325 e. The highest BCUT2D eigenvalue weighted by Crippen LogP contribution is 2.30. The summed E-state index contributed by atoms with van der Waals surface area (Å²) in [6.45, 7) is 3.33. The molecule has 0 aliphatic carbocycles. The zero-order valence-electron chi connectivity index (χ0n) is 12.5. The Hall–Kier alpha value is -1.95. The third kappa shape index (κ3) is 2.59. The Morgan fingerprint density at radius 1 is 1.36 bits per heavy atom. The molecule has 6 heteroatoms. The number of rotatable bonds is 3. The lowest BCUT2D eigenvalue weighted by Gasteiger charge is -2.26. The van der Waals surface area contributed by atoms with Crippen molar-refractivity contribution in [3.63, 3.8) is 0 Å². The van der Waals surface area contributed by atoms with Crippen molar-refractivity contribution in [2.24, 2.45) is 5.92 Å². The van der Waals surface area contributed by atoms with Crippen LogP contribution in [0.25, 0.3) is 0 Å². The lowest BCUT2D eigenvalue weighted by molar-refractivity contribution is -0.131. The van der Waals surface area contributed by atoms with E-state index in [1.165, 1.54) is 29.2 Å². The summed E-state index contributed by atoms with van der Waals surface area (Å²) >= 11 is 0. The molecule has 0 spiro atoms. The van der Waals surface area contributed by atoms with Crippen LogP contribution in [0.15, 0.2) is 24.3 Å².